The number of anilines is 1. The molecule has 5 heteroatoms. The van der Waals surface area contributed by atoms with Crippen LogP contribution >= 0.6 is 12.4 Å². The molecule has 4 nitrogen and oxygen atoms in total. The van der Waals surface area contributed by atoms with Gasteiger partial charge in [0.2, 0.25) is 5.91 Å². The molecule has 2 atom stereocenters. The van der Waals surface area contributed by atoms with E-state index in [1.807, 2.05) is 54.6 Å². The molecule has 0 spiro atoms. The fraction of sp³-hybridized carbons (Fsp3) is 0.316. The van der Waals surface area contributed by atoms with Crippen LogP contribution in [-0.2, 0) is 4.79 Å². The standard InChI is InChI=1S/C19H22N2O2.ClH/c1-14-13-15(11-12-20-14)19(22)21-16-7-9-18(10-8-16)23-17-5-3-2-4-6-17;/h2-10,14-15,20H,11-13H2,1H3,(H,21,22);1H/t14-,15-;/m0./s1. The van der Waals surface area contributed by atoms with Crippen LogP contribution in [0.25, 0.3) is 0 Å². The Morgan fingerprint density at radius 1 is 1.08 bits per heavy atom. The summed E-state index contributed by atoms with van der Waals surface area (Å²) in [6.07, 6.45) is 1.78. The van der Waals surface area contributed by atoms with E-state index in [9.17, 15) is 4.79 Å². The molecule has 1 amide bonds. The molecule has 1 saturated heterocycles. The number of hydrogen-bond donors (Lipinski definition) is 2. The zero-order valence-corrected chi connectivity index (χ0v) is 14.5. The highest BCUT2D eigenvalue weighted by Gasteiger charge is 2.24. The topological polar surface area (TPSA) is 50.4 Å². The maximum absolute atomic E-state index is 12.3. The minimum Gasteiger partial charge on any atom is -0.457 e. The van der Waals surface area contributed by atoms with Gasteiger partial charge in [-0.25, -0.2) is 0 Å². The summed E-state index contributed by atoms with van der Waals surface area (Å²) in [4.78, 5) is 12.3. The highest BCUT2D eigenvalue weighted by molar-refractivity contribution is 5.92. The van der Waals surface area contributed by atoms with Gasteiger partial charge < -0.3 is 15.4 Å². The molecule has 24 heavy (non-hydrogen) atoms. The number of nitrogens with one attached hydrogen (secondary N) is 2. The minimum atomic E-state index is 0. The molecule has 2 N–H and O–H groups in total. The van der Waals surface area contributed by atoms with Crippen molar-refractivity contribution in [2.75, 3.05) is 11.9 Å². The first kappa shape index (κ1) is 18.3. The summed E-state index contributed by atoms with van der Waals surface area (Å²) in [5.41, 5.74) is 0.807. The molecule has 0 aliphatic carbocycles. The quantitative estimate of drug-likeness (QED) is 0.871. The molecule has 1 aliphatic rings. The lowest BCUT2D eigenvalue weighted by Crippen LogP contribution is -2.40. The molecule has 2 aromatic carbocycles. The minimum absolute atomic E-state index is 0. The van der Waals surface area contributed by atoms with Crippen LogP contribution in [0.1, 0.15) is 19.8 Å². The van der Waals surface area contributed by atoms with Gasteiger partial charge >= 0.3 is 0 Å². The van der Waals surface area contributed by atoms with E-state index in [1.54, 1.807) is 0 Å². The van der Waals surface area contributed by atoms with Gasteiger partial charge in [-0.2, -0.15) is 0 Å². The average Bonchev–Trinajstić information content (AvgIpc) is 2.57. The Bertz CT molecular complexity index is 646. The number of ether oxygens (including phenoxy) is 1. The molecule has 3 rings (SSSR count). The summed E-state index contributed by atoms with van der Waals surface area (Å²) >= 11 is 0. The smallest absolute Gasteiger partial charge is 0.227 e. The van der Waals surface area contributed by atoms with E-state index >= 15 is 0 Å². The molecular weight excluding hydrogens is 324 g/mol. The fourth-order valence-electron chi connectivity index (χ4n) is 2.85. The van der Waals surface area contributed by atoms with Crippen LogP contribution in [0.4, 0.5) is 5.69 Å². The highest BCUT2D eigenvalue weighted by Crippen LogP contribution is 2.24. The van der Waals surface area contributed by atoms with E-state index in [-0.39, 0.29) is 24.2 Å². The maximum Gasteiger partial charge on any atom is 0.227 e. The van der Waals surface area contributed by atoms with Crippen molar-refractivity contribution in [1.82, 2.24) is 5.32 Å². The van der Waals surface area contributed by atoms with E-state index < -0.39 is 0 Å². The third kappa shape index (κ3) is 4.98. The fourth-order valence-corrected chi connectivity index (χ4v) is 2.85. The Morgan fingerprint density at radius 2 is 1.75 bits per heavy atom. The Kier molecular flexibility index (Phi) is 6.64. The lowest BCUT2D eigenvalue weighted by Gasteiger charge is -2.27. The second-order valence-electron chi connectivity index (χ2n) is 6.01. The third-order valence-electron chi connectivity index (χ3n) is 4.10. The molecule has 128 valence electrons. The van der Waals surface area contributed by atoms with E-state index in [0.717, 1.165) is 36.6 Å². The van der Waals surface area contributed by atoms with Gasteiger partial charge in [-0.05, 0) is 62.7 Å². The Morgan fingerprint density at radius 3 is 2.42 bits per heavy atom. The largest absolute Gasteiger partial charge is 0.457 e. The first-order chi connectivity index (χ1) is 11.2. The summed E-state index contributed by atoms with van der Waals surface area (Å²) < 4.78 is 5.75. The maximum atomic E-state index is 12.3. The highest BCUT2D eigenvalue weighted by atomic mass is 35.5. The van der Waals surface area contributed by atoms with Crippen molar-refractivity contribution in [2.24, 2.45) is 5.92 Å². The average molecular weight is 347 g/mol. The second-order valence-corrected chi connectivity index (χ2v) is 6.01. The van der Waals surface area contributed by atoms with Gasteiger partial charge in [0.25, 0.3) is 0 Å². The number of para-hydroxylation sites is 1. The van der Waals surface area contributed by atoms with Crippen molar-refractivity contribution in [3.63, 3.8) is 0 Å². The van der Waals surface area contributed by atoms with Crippen LogP contribution in [0.3, 0.4) is 0 Å². The molecule has 0 saturated carbocycles. The van der Waals surface area contributed by atoms with E-state index in [4.69, 9.17) is 4.74 Å². The lowest BCUT2D eigenvalue weighted by molar-refractivity contribution is -0.120. The monoisotopic (exact) mass is 346 g/mol. The van der Waals surface area contributed by atoms with Crippen molar-refractivity contribution >= 4 is 24.0 Å². The predicted molar refractivity (Wildman–Crippen MR) is 99.0 cm³/mol. The summed E-state index contributed by atoms with van der Waals surface area (Å²) in [5.74, 6) is 1.75. The summed E-state index contributed by atoms with van der Waals surface area (Å²) in [6, 6.07) is 17.5. The molecule has 2 aromatic rings. The molecule has 0 radical (unpaired) electrons. The SMILES string of the molecule is C[C@H]1C[C@@H](C(=O)Nc2ccc(Oc3ccccc3)cc2)CCN1.Cl. The Balaban J connectivity index is 0.00000208. The van der Waals surface area contributed by atoms with Gasteiger partial charge in [0, 0.05) is 17.6 Å². The molecule has 1 fully saturated rings. The second kappa shape index (κ2) is 8.71. The zero-order chi connectivity index (χ0) is 16.1. The summed E-state index contributed by atoms with van der Waals surface area (Å²) in [5, 5.41) is 6.37. The number of halogens is 1. The van der Waals surface area contributed by atoms with Crippen molar-refractivity contribution < 1.29 is 9.53 Å². The van der Waals surface area contributed by atoms with Crippen LogP contribution < -0.4 is 15.4 Å². The molecule has 0 aromatic heterocycles. The molecule has 0 bridgehead atoms. The van der Waals surface area contributed by atoms with Gasteiger partial charge in [0.15, 0.2) is 0 Å². The van der Waals surface area contributed by atoms with Gasteiger partial charge in [-0.15, -0.1) is 12.4 Å². The molecule has 1 aliphatic heterocycles. The molecule has 1 heterocycles. The zero-order valence-electron chi connectivity index (χ0n) is 13.7. The van der Waals surface area contributed by atoms with Gasteiger partial charge in [0.05, 0.1) is 0 Å². The lowest BCUT2D eigenvalue weighted by atomic mass is 9.92. The van der Waals surface area contributed by atoms with Crippen molar-refractivity contribution in [2.45, 2.75) is 25.8 Å². The van der Waals surface area contributed by atoms with Crippen molar-refractivity contribution in [3.05, 3.63) is 54.6 Å². The van der Waals surface area contributed by atoms with Crippen LogP contribution in [0, 0.1) is 5.92 Å². The Labute approximate surface area is 149 Å². The third-order valence-corrected chi connectivity index (χ3v) is 4.10. The Hall–Kier alpha value is -2.04. The van der Waals surface area contributed by atoms with Gasteiger partial charge in [-0.1, -0.05) is 18.2 Å². The van der Waals surface area contributed by atoms with Gasteiger partial charge in [0.1, 0.15) is 11.5 Å². The first-order valence-electron chi connectivity index (χ1n) is 8.08. The van der Waals surface area contributed by atoms with Crippen LogP contribution in [0.5, 0.6) is 11.5 Å². The number of benzene rings is 2. The van der Waals surface area contributed by atoms with Crippen molar-refractivity contribution in [1.29, 1.82) is 0 Å². The van der Waals surface area contributed by atoms with Gasteiger partial charge in [-0.3, -0.25) is 4.79 Å². The first-order valence-corrected chi connectivity index (χ1v) is 8.08. The summed E-state index contributed by atoms with van der Waals surface area (Å²) in [7, 11) is 0. The van der Waals surface area contributed by atoms with Crippen LogP contribution in [0.2, 0.25) is 0 Å². The number of piperidine rings is 1. The number of rotatable bonds is 4. The van der Waals surface area contributed by atoms with Crippen LogP contribution in [0.15, 0.2) is 54.6 Å². The van der Waals surface area contributed by atoms with E-state index in [1.165, 1.54) is 0 Å². The summed E-state index contributed by atoms with van der Waals surface area (Å²) in [6.45, 7) is 3.03. The molecule has 0 unspecified atom stereocenters. The number of carbonyl (C=O) groups excluding carboxylic acids is 1. The molecular formula is C19H23ClN2O2. The van der Waals surface area contributed by atoms with E-state index in [0.29, 0.717) is 6.04 Å². The van der Waals surface area contributed by atoms with E-state index in [2.05, 4.69) is 17.6 Å². The normalized spacial score (nSPS) is 19.9. The number of carbonyl (C=O) groups is 1. The number of amides is 1. The predicted octanol–water partition coefficient (Wildman–Crippen LogP) is 4.23. The van der Waals surface area contributed by atoms with Crippen LogP contribution in [-0.4, -0.2) is 18.5 Å². The number of hydrogen-bond acceptors (Lipinski definition) is 3. The van der Waals surface area contributed by atoms with Crippen molar-refractivity contribution in [3.8, 4) is 11.5 Å².